The maximum absolute atomic E-state index is 13.3. The van der Waals surface area contributed by atoms with Crippen molar-refractivity contribution in [2.75, 3.05) is 70.3 Å². The van der Waals surface area contributed by atoms with Crippen LogP contribution < -0.4 is 27.0 Å². The third-order valence-corrected chi connectivity index (χ3v) is 13.0. The zero-order valence-corrected chi connectivity index (χ0v) is 30.5. The number of aromatic hydroxyl groups is 1. The highest BCUT2D eigenvalue weighted by molar-refractivity contribution is 6.23. The maximum atomic E-state index is 13.3. The van der Waals surface area contributed by atoms with E-state index < -0.39 is 23.8 Å². The molecule has 0 spiro atoms. The number of carbonyl (C=O) groups excluding carboxylic acids is 4. The minimum absolute atomic E-state index is 0.106. The van der Waals surface area contributed by atoms with Gasteiger partial charge in [-0.2, -0.15) is 0 Å². The van der Waals surface area contributed by atoms with Crippen LogP contribution in [0, 0.1) is 23.7 Å². The highest BCUT2D eigenvalue weighted by Crippen LogP contribution is 2.52. The van der Waals surface area contributed by atoms with Crippen LogP contribution in [0.15, 0.2) is 60.1 Å². The number of amides is 4. The zero-order chi connectivity index (χ0) is 37.2. The highest BCUT2D eigenvalue weighted by Gasteiger charge is 2.56. The van der Waals surface area contributed by atoms with Crippen molar-refractivity contribution in [3.8, 4) is 5.75 Å². The van der Waals surface area contributed by atoms with Crippen LogP contribution >= 0.6 is 0 Å². The van der Waals surface area contributed by atoms with Crippen molar-refractivity contribution in [2.24, 2.45) is 35.1 Å². The molecule has 14 nitrogen and oxygen atoms in total. The van der Waals surface area contributed by atoms with E-state index in [0.717, 1.165) is 99.2 Å². The summed E-state index contributed by atoms with van der Waals surface area (Å²) in [5, 5.41) is 15.9. The van der Waals surface area contributed by atoms with Crippen LogP contribution in [0.4, 0.5) is 5.69 Å². The van der Waals surface area contributed by atoms with Gasteiger partial charge in [0.2, 0.25) is 11.8 Å². The summed E-state index contributed by atoms with van der Waals surface area (Å²) in [5.41, 5.74) is 16.4. The number of likely N-dealkylation sites (tertiary alicyclic amines) is 1. The molecule has 7 N–H and O–H groups in total. The van der Waals surface area contributed by atoms with Gasteiger partial charge in [0, 0.05) is 88.8 Å². The lowest BCUT2D eigenvalue weighted by Gasteiger charge is -2.46. The van der Waals surface area contributed by atoms with Crippen molar-refractivity contribution in [1.29, 1.82) is 0 Å². The molecule has 4 amide bonds. The number of piperazine rings is 1. The van der Waals surface area contributed by atoms with E-state index in [1.165, 1.54) is 13.1 Å². The van der Waals surface area contributed by atoms with E-state index in [1.807, 2.05) is 24.3 Å². The van der Waals surface area contributed by atoms with Gasteiger partial charge in [-0.3, -0.25) is 34.3 Å². The fourth-order valence-corrected chi connectivity index (χ4v) is 10.0. The molecule has 9 rings (SSSR count). The molecule has 14 heteroatoms. The summed E-state index contributed by atoms with van der Waals surface area (Å²) in [6.45, 7) is 10.1. The normalized spacial score (nSPS) is 29.3. The van der Waals surface area contributed by atoms with Gasteiger partial charge in [-0.1, -0.05) is 12.1 Å². The molecule has 7 aliphatic rings. The molecular weight excluding hydrogens is 686 g/mol. The van der Waals surface area contributed by atoms with Crippen molar-refractivity contribution < 1.29 is 24.3 Å². The third kappa shape index (κ3) is 6.24. The van der Waals surface area contributed by atoms with E-state index in [2.05, 4.69) is 30.2 Å². The van der Waals surface area contributed by atoms with Crippen molar-refractivity contribution >= 4 is 35.0 Å². The monoisotopic (exact) mass is 735 g/mol. The lowest BCUT2D eigenvalue weighted by molar-refractivity contribution is -0.136. The molecule has 4 unspecified atom stereocenters. The number of nitrogens with zero attached hydrogens (tertiary/aromatic N) is 5. The van der Waals surface area contributed by atoms with Gasteiger partial charge in [0.15, 0.2) is 0 Å². The molecule has 0 radical (unpaired) electrons. The minimum atomic E-state index is -0.954. The predicted octanol–water partition coefficient (Wildman–Crippen LogP) is 0.905. The van der Waals surface area contributed by atoms with E-state index in [4.69, 9.17) is 11.5 Å². The largest absolute Gasteiger partial charge is 0.507 e. The standard InChI is InChI=1S/C40H49N9O5/c41-32(27-3-1-2-4-35(27)50)16-34-37(42)43-17-25-19-45(13-14-48(25)34)20-29-30-21-46(22-31(29)30)18-23-9-11-47(12-10-23)24-5-6-26-28(15-24)40(54)49(39(26)53)33-7-8-36(51)44-38(33)52/h1-6,15-16,23,25,29-31,33,43,50H,7-14,17-22,41-42H2,(H,44,51,52)/b32-16-. The molecule has 5 fully saturated rings. The summed E-state index contributed by atoms with van der Waals surface area (Å²) in [6.07, 6.45) is 4.31. The summed E-state index contributed by atoms with van der Waals surface area (Å²) in [6, 6.07) is 11.9. The average Bonchev–Trinajstić information content (AvgIpc) is 3.47. The number of nitrogens with two attached hydrogens (primary N) is 2. The predicted molar refractivity (Wildman–Crippen MR) is 201 cm³/mol. The molecule has 54 heavy (non-hydrogen) atoms. The number of rotatable bonds is 8. The topological polar surface area (TPSA) is 181 Å². The lowest BCUT2D eigenvalue weighted by atomic mass is 9.95. The number of imide groups is 2. The van der Waals surface area contributed by atoms with Crippen LogP contribution in [0.3, 0.4) is 0 Å². The third-order valence-electron chi connectivity index (χ3n) is 13.0. The first kappa shape index (κ1) is 34.7. The Morgan fingerprint density at radius 1 is 0.870 bits per heavy atom. The first-order valence-electron chi connectivity index (χ1n) is 19.4. The first-order chi connectivity index (χ1) is 26.1. The Labute approximate surface area is 314 Å². The van der Waals surface area contributed by atoms with Gasteiger partial charge in [-0.15, -0.1) is 0 Å². The average molecular weight is 736 g/mol. The number of hydrogen-bond donors (Lipinski definition) is 5. The number of para-hydroxylation sites is 1. The Balaban J connectivity index is 0.731. The fraction of sp³-hybridized carbons (Fsp3) is 0.500. The second-order valence-electron chi connectivity index (χ2n) is 16.2. The quantitative estimate of drug-likeness (QED) is 0.242. The Morgan fingerprint density at radius 3 is 2.39 bits per heavy atom. The molecule has 4 atom stereocenters. The second-order valence-corrected chi connectivity index (χ2v) is 16.2. The SMILES string of the molecule is NC1=C(/C=C(\N)c2ccccc2O)N2CCN(CC3C4CN(CC5CCN(c6ccc7c(c6)C(=O)N(C6CCC(=O)NC6=O)C7=O)CC5)CC43)CC2CN1. The van der Waals surface area contributed by atoms with E-state index in [-0.39, 0.29) is 24.5 Å². The Hall–Kier alpha value is -5.08. The highest BCUT2D eigenvalue weighted by atomic mass is 16.3. The molecule has 1 saturated carbocycles. The van der Waals surface area contributed by atoms with E-state index in [1.54, 1.807) is 24.3 Å². The van der Waals surface area contributed by atoms with E-state index in [9.17, 15) is 24.3 Å². The van der Waals surface area contributed by atoms with Gasteiger partial charge in [0.1, 0.15) is 17.6 Å². The molecule has 0 bridgehead atoms. The van der Waals surface area contributed by atoms with Crippen molar-refractivity contribution in [3.05, 3.63) is 76.7 Å². The van der Waals surface area contributed by atoms with Crippen LogP contribution in [0.2, 0.25) is 0 Å². The van der Waals surface area contributed by atoms with E-state index in [0.29, 0.717) is 40.2 Å². The molecule has 2 aromatic rings. The molecule has 6 aliphatic heterocycles. The van der Waals surface area contributed by atoms with E-state index >= 15 is 0 Å². The summed E-state index contributed by atoms with van der Waals surface area (Å²) in [5.74, 6) is 1.85. The van der Waals surface area contributed by atoms with Gasteiger partial charge in [0.05, 0.1) is 22.9 Å². The number of phenolic OH excluding ortho intramolecular Hbond substituents is 1. The molecule has 0 aromatic heterocycles. The number of allylic oxidation sites excluding steroid dienone is 1. The number of fused-ring (bicyclic) bond motifs is 3. The van der Waals surface area contributed by atoms with Gasteiger partial charge < -0.3 is 36.6 Å². The molecule has 4 saturated heterocycles. The van der Waals surface area contributed by atoms with Crippen molar-refractivity contribution in [3.63, 3.8) is 0 Å². The van der Waals surface area contributed by atoms with Gasteiger partial charge in [-0.05, 0) is 79.3 Å². The zero-order valence-electron chi connectivity index (χ0n) is 30.5. The number of benzene rings is 2. The molecule has 2 aromatic carbocycles. The molecular formula is C40H49N9O5. The number of hydrogen-bond acceptors (Lipinski definition) is 12. The van der Waals surface area contributed by atoms with Crippen molar-refractivity contribution in [2.45, 2.75) is 37.8 Å². The number of piperidine rings is 3. The van der Waals surface area contributed by atoms with Crippen LogP contribution in [0.25, 0.3) is 5.70 Å². The van der Waals surface area contributed by atoms with Gasteiger partial charge in [0.25, 0.3) is 11.8 Å². The number of anilines is 1. The maximum Gasteiger partial charge on any atom is 0.262 e. The summed E-state index contributed by atoms with van der Waals surface area (Å²) in [7, 11) is 0. The van der Waals surface area contributed by atoms with Crippen LogP contribution in [-0.4, -0.2) is 126 Å². The minimum Gasteiger partial charge on any atom is -0.507 e. The van der Waals surface area contributed by atoms with Gasteiger partial charge >= 0.3 is 0 Å². The van der Waals surface area contributed by atoms with Crippen molar-refractivity contribution in [1.82, 2.24) is 30.2 Å². The summed E-state index contributed by atoms with van der Waals surface area (Å²) >= 11 is 0. The second kappa shape index (κ2) is 13.6. The Bertz CT molecular complexity index is 1940. The molecule has 6 heterocycles. The number of phenols is 1. The first-order valence-corrected chi connectivity index (χ1v) is 19.4. The van der Waals surface area contributed by atoms with Gasteiger partial charge in [-0.25, -0.2) is 0 Å². The van der Waals surface area contributed by atoms with Crippen LogP contribution in [0.1, 0.15) is 52.0 Å². The summed E-state index contributed by atoms with van der Waals surface area (Å²) < 4.78 is 0. The smallest absolute Gasteiger partial charge is 0.262 e. The van der Waals surface area contributed by atoms with Crippen LogP contribution in [0.5, 0.6) is 5.75 Å². The number of nitrogens with one attached hydrogen (secondary N) is 2. The molecule has 284 valence electrons. The number of carbonyl (C=O) groups is 4. The molecule has 1 aliphatic carbocycles. The Kier molecular flexibility index (Phi) is 8.76. The Morgan fingerprint density at radius 2 is 1.63 bits per heavy atom. The van der Waals surface area contributed by atoms with Crippen LogP contribution in [-0.2, 0) is 9.59 Å². The summed E-state index contributed by atoms with van der Waals surface area (Å²) in [4.78, 5) is 61.5. The lowest BCUT2D eigenvalue weighted by Crippen LogP contribution is -2.59. The fourth-order valence-electron chi connectivity index (χ4n) is 10.0.